The second-order valence-electron chi connectivity index (χ2n) is 7.12. The van der Waals surface area contributed by atoms with Gasteiger partial charge in [0, 0.05) is 29.6 Å². The van der Waals surface area contributed by atoms with Crippen LogP contribution in [0.15, 0.2) is 76.4 Å². The van der Waals surface area contributed by atoms with E-state index in [1.807, 2.05) is 36.4 Å². The van der Waals surface area contributed by atoms with Gasteiger partial charge in [-0.05, 0) is 23.8 Å². The van der Waals surface area contributed by atoms with E-state index in [0.29, 0.717) is 39.3 Å². The van der Waals surface area contributed by atoms with Gasteiger partial charge < -0.3 is 23.9 Å². The van der Waals surface area contributed by atoms with Crippen molar-refractivity contribution in [2.75, 3.05) is 26.1 Å². The van der Waals surface area contributed by atoms with Crippen LogP contribution in [0.4, 0.5) is 5.69 Å². The Bertz CT molecular complexity index is 1260. The predicted molar refractivity (Wildman–Crippen MR) is 128 cm³/mol. The third-order valence-corrected chi connectivity index (χ3v) is 5.71. The fourth-order valence-corrected chi connectivity index (χ4v) is 4.03. The number of carbonyl (C=O) groups is 2. The summed E-state index contributed by atoms with van der Waals surface area (Å²) in [6.07, 6.45) is 0. The van der Waals surface area contributed by atoms with Crippen molar-refractivity contribution in [3.05, 3.63) is 77.9 Å². The molecule has 0 aliphatic heterocycles. The van der Waals surface area contributed by atoms with Crippen LogP contribution in [0.25, 0.3) is 11.1 Å². The van der Waals surface area contributed by atoms with E-state index in [-0.39, 0.29) is 0 Å². The zero-order chi connectivity index (χ0) is 23.9. The third kappa shape index (κ3) is 5.68. The molecule has 4 rings (SSSR count). The van der Waals surface area contributed by atoms with E-state index < -0.39 is 18.5 Å². The Morgan fingerprint density at radius 1 is 0.971 bits per heavy atom. The molecule has 9 heteroatoms. The first-order chi connectivity index (χ1) is 16.6. The van der Waals surface area contributed by atoms with Crippen LogP contribution in [0.1, 0.15) is 15.9 Å². The third-order valence-electron chi connectivity index (χ3n) is 4.83. The lowest BCUT2D eigenvalue weighted by Crippen LogP contribution is -2.21. The van der Waals surface area contributed by atoms with Crippen LogP contribution in [-0.4, -0.2) is 37.7 Å². The molecule has 0 saturated carbocycles. The van der Waals surface area contributed by atoms with Gasteiger partial charge in [-0.3, -0.25) is 4.79 Å². The number of aromatic nitrogens is 1. The zero-order valence-electron chi connectivity index (χ0n) is 18.6. The minimum absolute atomic E-state index is 0.377. The molecule has 4 aromatic rings. The van der Waals surface area contributed by atoms with Gasteiger partial charge in [-0.25, -0.2) is 9.78 Å². The number of amides is 1. The first-order valence-electron chi connectivity index (χ1n) is 10.3. The van der Waals surface area contributed by atoms with Gasteiger partial charge in [0.05, 0.1) is 19.8 Å². The second-order valence-corrected chi connectivity index (χ2v) is 8.05. The molecule has 0 atom stereocenters. The van der Waals surface area contributed by atoms with Crippen LogP contribution in [0.5, 0.6) is 11.5 Å². The van der Waals surface area contributed by atoms with Crippen LogP contribution in [0.3, 0.4) is 0 Å². The highest BCUT2D eigenvalue weighted by Gasteiger charge is 2.16. The summed E-state index contributed by atoms with van der Waals surface area (Å²) in [5.41, 5.74) is 3.07. The predicted octanol–water partition coefficient (Wildman–Crippen LogP) is 4.93. The van der Waals surface area contributed by atoms with E-state index in [2.05, 4.69) is 10.3 Å². The summed E-state index contributed by atoms with van der Waals surface area (Å²) < 4.78 is 21.4. The fourth-order valence-electron chi connectivity index (χ4n) is 3.18. The van der Waals surface area contributed by atoms with Gasteiger partial charge in [0.1, 0.15) is 17.0 Å². The number of para-hydroxylation sites is 2. The number of rotatable bonds is 9. The average molecular weight is 479 g/mol. The molecule has 34 heavy (non-hydrogen) atoms. The molecule has 0 radical (unpaired) electrons. The molecule has 0 bridgehead atoms. The Morgan fingerprint density at radius 3 is 2.41 bits per heavy atom. The van der Waals surface area contributed by atoms with Crippen molar-refractivity contribution < 1.29 is 28.2 Å². The maximum atomic E-state index is 12.7. The highest BCUT2D eigenvalue weighted by Crippen LogP contribution is 2.28. The molecule has 0 saturated heterocycles. The number of hydrogen-bond donors (Lipinski definition) is 1. The highest BCUT2D eigenvalue weighted by atomic mass is 32.2. The standard InChI is InChI=1S/C25H22N2O6S/c1-30-18-11-17(12-19(13-18)31-2)26-23(28)14-32-24(29)20-8-4-3-7-16(20)15-34-25-27-21-9-5-6-10-22(21)33-25/h3-13H,14-15H2,1-2H3,(H,26,28). The fraction of sp³-hybridized carbons (Fsp3) is 0.160. The molecule has 174 valence electrons. The highest BCUT2D eigenvalue weighted by molar-refractivity contribution is 7.98. The van der Waals surface area contributed by atoms with Crippen molar-refractivity contribution in [1.82, 2.24) is 4.98 Å². The Labute approximate surface area is 200 Å². The van der Waals surface area contributed by atoms with Crippen molar-refractivity contribution in [3.8, 4) is 11.5 Å². The number of methoxy groups -OCH3 is 2. The molecule has 8 nitrogen and oxygen atoms in total. The molecule has 1 heterocycles. The number of anilines is 1. The maximum Gasteiger partial charge on any atom is 0.338 e. The van der Waals surface area contributed by atoms with Crippen LogP contribution in [0, 0.1) is 0 Å². The lowest BCUT2D eigenvalue weighted by atomic mass is 10.1. The Morgan fingerprint density at radius 2 is 1.68 bits per heavy atom. The van der Waals surface area contributed by atoms with Gasteiger partial charge >= 0.3 is 5.97 Å². The lowest BCUT2D eigenvalue weighted by molar-refractivity contribution is -0.119. The van der Waals surface area contributed by atoms with Crippen molar-refractivity contribution >= 4 is 40.4 Å². The van der Waals surface area contributed by atoms with Crippen molar-refractivity contribution in [2.45, 2.75) is 11.0 Å². The molecule has 0 fully saturated rings. The summed E-state index contributed by atoms with van der Waals surface area (Å²) >= 11 is 1.38. The molecule has 0 unspecified atom stereocenters. The van der Waals surface area contributed by atoms with Crippen LogP contribution < -0.4 is 14.8 Å². The molecular formula is C25H22N2O6S. The van der Waals surface area contributed by atoms with E-state index in [4.69, 9.17) is 18.6 Å². The monoisotopic (exact) mass is 478 g/mol. The molecule has 1 N–H and O–H groups in total. The number of carbonyl (C=O) groups excluding carboxylic acids is 2. The number of fused-ring (bicyclic) bond motifs is 1. The van der Waals surface area contributed by atoms with E-state index >= 15 is 0 Å². The van der Waals surface area contributed by atoms with E-state index in [1.165, 1.54) is 26.0 Å². The van der Waals surface area contributed by atoms with Gasteiger partial charge in [-0.2, -0.15) is 0 Å². The minimum Gasteiger partial charge on any atom is -0.497 e. The van der Waals surface area contributed by atoms with E-state index in [9.17, 15) is 9.59 Å². The number of nitrogens with zero attached hydrogens (tertiary/aromatic N) is 1. The average Bonchev–Trinajstić information content (AvgIpc) is 3.29. The number of thioether (sulfide) groups is 1. The largest absolute Gasteiger partial charge is 0.497 e. The molecular weight excluding hydrogens is 456 g/mol. The minimum atomic E-state index is -0.591. The number of hydrogen-bond acceptors (Lipinski definition) is 8. The molecule has 0 aliphatic rings. The maximum absolute atomic E-state index is 12.7. The molecule has 0 spiro atoms. The van der Waals surface area contributed by atoms with Crippen LogP contribution in [-0.2, 0) is 15.3 Å². The lowest BCUT2D eigenvalue weighted by Gasteiger charge is -2.11. The normalized spacial score (nSPS) is 10.6. The molecule has 0 aliphatic carbocycles. The van der Waals surface area contributed by atoms with Crippen molar-refractivity contribution in [3.63, 3.8) is 0 Å². The SMILES string of the molecule is COc1cc(NC(=O)COC(=O)c2ccccc2CSc2nc3ccccc3o2)cc(OC)c1. The number of nitrogens with one attached hydrogen (secondary N) is 1. The van der Waals surface area contributed by atoms with Gasteiger partial charge in [-0.1, -0.05) is 42.1 Å². The summed E-state index contributed by atoms with van der Waals surface area (Å²) in [7, 11) is 3.03. The summed E-state index contributed by atoms with van der Waals surface area (Å²) in [4.78, 5) is 29.5. The molecule has 3 aromatic carbocycles. The summed E-state index contributed by atoms with van der Waals surface area (Å²) in [6.45, 7) is -0.440. The Balaban J connectivity index is 1.36. The summed E-state index contributed by atoms with van der Waals surface area (Å²) in [5.74, 6) is 0.427. The quantitative estimate of drug-likeness (QED) is 0.267. The summed E-state index contributed by atoms with van der Waals surface area (Å²) in [5, 5.41) is 3.18. The van der Waals surface area contributed by atoms with Crippen molar-refractivity contribution in [2.24, 2.45) is 0 Å². The first kappa shape index (κ1) is 23.2. The van der Waals surface area contributed by atoms with Crippen molar-refractivity contribution in [1.29, 1.82) is 0 Å². The van der Waals surface area contributed by atoms with Gasteiger partial charge in [0.25, 0.3) is 11.1 Å². The Hall–Kier alpha value is -3.98. The van der Waals surface area contributed by atoms with Gasteiger partial charge in [0.2, 0.25) is 0 Å². The van der Waals surface area contributed by atoms with Gasteiger partial charge in [0.15, 0.2) is 12.2 Å². The van der Waals surface area contributed by atoms with E-state index in [0.717, 1.165) is 11.1 Å². The first-order valence-corrected chi connectivity index (χ1v) is 11.3. The molecule has 1 amide bonds. The number of benzene rings is 3. The zero-order valence-corrected chi connectivity index (χ0v) is 19.4. The summed E-state index contributed by atoms with van der Waals surface area (Å²) in [6, 6.07) is 19.5. The molecule has 1 aromatic heterocycles. The number of ether oxygens (including phenoxy) is 3. The smallest absolute Gasteiger partial charge is 0.338 e. The topological polar surface area (TPSA) is 99.9 Å². The van der Waals surface area contributed by atoms with Crippen LogP contribution >= 0.6 is 11.8 Å². The van der Waals surface area contributed by atoms with E-state index in [1.54, 1.807) is 30.3 Å². The second kappa shape index (κ2) is 10.8. The number of esters is 1. The van der Waals surface area contributed by atoms with Crippen LogP contribution in [0.2, 0.25) is 0 Å². The van der Waals surface area contributed by atoms with Gasteiger partial charge in [-0.15, -0.1) is 0 Å². The number of oxazole rings is 1. The Kier molecular flexibility index (Phi) is 7.34.